The maximum atomic E-state index is 3.45. The van der Waals surface area contributed by atoms with Crippen LogP contribution in [0.2, 0.25) is 0 Å². The zero-order chi connectivity index (χ0) is 9.23. The lowest BCUT2D eigenvalue weighted by atomic mass is 10.3. The van der Waals surface area contributed by atoms with Gasteiger partial charge in [0.2, 0.25) is 0 Å². The van der Waals surface area contributed by atoms with E-state index in [1.54, 1.807) is 0 Å². The molecule has 0 saturated carbocycles. The van der Waals surface area contributed by atoms with Gasteiger partial charge >= 0.3 is 0 Å². The summed E-state index contributed by atoms with van der Waals surface area (Å²) >= 11 is 0. The van der Waals surface area contributed by atoms with Crippen LogP contribution in [-0.2, 0) is 0 Å². The van der Waals surface area contributed by atoms with Crippen molar-refractivity contribution in [3.63, 3.8) is 0 Å². The number of rotatable bonds is 8. The van der Waals surface area contributed by atoms with E-state index in [9.17, 15) is 0 Å². The van der Waals surface area contributed by atoms with Crippen LogP contribution < -0.4 is 10.6 Å². The standard InChI is InChI=1S/C10H24N2/c1-4-6-8-11-9-10(3)12-7-5-2/h10-12H,4-9H2,1-3H3. The Morgan fingerprint density at radius 3 is 2.42 bits per heavy atom. The fourth-order valence-electron chi connectivity index (χ4n) is 1.08. The third-order valence-electron chi connectivity index (χ3n) is 1.90. The Morgan fingerprint density at radius 1 is 1.08 bits per heavy atom. The molecular weight excluding hydrogens is 148 g/mol. The first-order valence-corrected chi connectivity index (χ1v) is 5.25. The highest BCUT2D eigenvalue weighted by Crippen LogP contribution is 1.84. The fourth-order valence-corrected chi connectivity index (χ4v) is 1.08. The molecule has 0 aromatic carbocycles. The van der Waals surface area contributed by atoms with E-state index in [0.717, 1.165) is 19.6 Å². The van der Waals surface area contributed by atoms with Gasteiger partial charge in [-0.25, -0.2) is 0 Å². The molecule has 0 aliphatic carbocycles. The Balaban J connectivity index is 3.02. The molecule has 74 valence electrons. The SMILES string of the molecule is CCCCNCC(C)NCCC. The number of nitrogens with one attached hydrogen (secondary N) is 2. The monoisotopic (exact) mass is 172 g/mol. The molecule has 2 heteroatoms. The lowest BCUT2D eigenvalue weighted by molar-refractivity contribution is 0.497. The van der Waals surface area contributed by atoms with Crippen LogP contribution in [0.3, 0.4) is 0 Å². The van der Waals surface area contributed by atoms with E-state index in [2.05, 4.69) is 31.4 Å². The summed E-state index contributed by atoms with van der Waals surface area (Å²) in [5.41, 5.74) is 0. The third kappa shape index (κ3) is 8.02. The minimum absolute atomic E-state index is 0.613. The molecule has 0 saturated heterocycles. The van der Waals surface area contributed by atoms with Crippen molar-refractivity contribution in [2.45, 2.75) is 46.1 Å². The molecule has 0 spiro atoms. The molecule has 0 bridgehead atoms. The van der Waals surface area contributed by atoms with Crippen LogP contribution in [0.5, 0.6) is 0 Å². The van der Waals surface area contributed by atoms with Gasteiger partial charge in [0.05, 0.1) is 0 Å². The molecule has 0 aromatic rings. The zero-order valence-corrected chi connectivity index (χ0v) is 8.82. The molecule has 2 N–H and O–H groups in total. The zero-order valence-electron chi connectivity index (χ0n) is 8.82. The first-order valence-electron chi connectivity index (χ1n) is 5.25. The Labute approximate surface area is 77.1 Å². The van der Waals surface area contributed by atoms with E-state index in [1.165, 1.54) is 19.3 Å². The van der Waals surface area contributed by atoms with Gasteiger partial charge in [-0.3, -0.25) is 0 Å². The second kappa shape index (κ2) is 9.01. The molecule has 0 fully saturated rings. The summed E-state index contributed by atoms with van der Waals surface area (Å²) in [7, 11) is 0. The average Bonchev–Trinajstić information content (AvgIpc) is 2.09. The number of hydrogen-bond acceptors (Lipinski definition) is 2. The lowest BCUT2D eigenvalue weighted by Gasteiger charge is -2.13. The van der Waals surface area contributed by atoms with Gasteiger partial charge in [0.15, 0.2) is 0 Å². The van der Waals surface area contributed by atoms with Gasteiger partial charge in [-0.1, -0.05) is 20.3 Å². The van der Waals surface area contributed by atoms with Gasteiger partial charge in [-0.05, 0) is 32.9 Å². The molecule has 12 heavy (non-hydrogen) atoms. The van der Waals surface area contributed by atoms with E-state index in [-0.39, 0.29) is 0 Å². The summed E-state index contributed by atoms with van der Waals surface area (Å²) in [6.07, 6.45) is 3.80. The molecule has 1 unspecified atom stereocenters. The van der Waals surface area contributed by atoms with Gasteiger partial charge in [-0.15, -0.1) is 0 Å². The Bertz CT molecular complexity index is 83.9. The average molecular weight is 172 g/mol. The minimum Gasteiger partial charge on any atom is -0.315 e. The van der Waals surface area contributed by atoms with Gasteiger partial charge in [0.25, 0.3) is 0 Å². The van der Waals surface area contributed by atoms with Crippen LogP contribution >= 0.6 is 0 Å². The van der Waals surface area contributed by atoms with E-state index in [4.69, 9.17) is 0 Å². The van der Waals surface area contributed by atoms with Crippen LogP contribution in [0.4, 0.5) is 0 Å². The first-order chi connectivity index (χ1) is 5.81. The Hall–Kier alpha value is -0.0800. The second-order valence-electron chi connectivity index (χ2n) is 3.41. The maximum absolute atomic E-state index is 3.45. The summed E-state index contributed by atoms with van der Waals surface area (Å²) < 4.78 is 0. The van der Waals surface area contributed by atoms with Crippen molar-refractivity contribution in [2.24, 2.45) is 0 Å². The van der Waals surface area contributed by atoms with Gasteiger partial charge in [0.1, 0.15) is 0 Å². The predicted octanol–water partition coefficient (Wildman–Crippen LogP) is 1.76. The van der Waals surface area contributed by atoms with Crippen molar-refractivity contribution in [2.75, 3.05) is 19.6 Å². The smallest absolute Gasteiger partial charge is 0.0164 e. The van der Waals surface area contributed by atoms with Crippen molar-refractivity contribution < 1.29 is 0 Å². The van der Waals surface area contributed by atoms with E-state index >= 15 is 0 Å². The molecule has 0 aliphatic heterocycles. The molecule has 1 atom stereocenters. The summed E-state index contributed by atoms with van der Waals surface area (Å²) in [6.45, 7) is 10.0. The van der Waals surface area contributed by atoms with Gasteiger partial charge in [-0.2, -0.15) is 0 Å². The summed E-state index contributed by atoms with van der Waals surface area (Å²) in [5.74, 6) is 0. The molecule has 0 rings (SSSR count). The highest BCUT2D eigenvalue weighted by molar-refractivity contribution is 4.62. The largest absolute Gasteiger partial charge is 0.315 e. The molecule has 0 aliphatic rings. The maximum Gasteiger partial charge on any atom is 0.0164 e. The highest BCUT2D eigenvalue weighted by Gasteiger charge is 1.97. The Morgan fingerprint density at radius 2 is 1.83 bits per heavy atom. The lowest BCUT2D eigenvalue weighted by Crippen LogP contribution is -2.36. The normalized spacial score (nSPS) is 13.2. The molecular formula is C10H24N2. The molecule has 0 heterocycles. The van der Waals surface area contributed by atoms with E-state index in [0.29, 0.717) is 6.04 Å². The number of unbranched alkanes of at least 4 members (excludes halogenated alkanes) is 1. The van der Waals surface area contributed by atoms with Crippen molar-refractivity contribution in [3.8, 4) is 0 Å². The van der Waals surface area contributed by atoms with Crippen LogP contribution in [0, 0.1) is 0 Å². The predicted molar refractivity (Wildman–Crippen MR) is 55.5 cm³/mol. The number of hydrogen-bond donors (Lipinski definition) is 2. The molecule has 2 nitrogen and oxygen atoms in total. The van der Waals surface area contributed by atoms with Crippen LogP contribution in [-0.4, -0.2) is 25.7 Å². The van der Waals surface area contributed by atoms with Crippen LogP contribution in [0.25, 0.3) is 0 Å². The Kier molecular flexibility index (Phi) is 8.95. The third-order valence-corrected chi connectivity index (χ3v) is 1.90. The minimum atomic E-state index is 0.613. The van der Waals surface area contributed by atoms with Crippen LogP contribution in [0.15, 0.2) is 0 Å². The van der Waals surface area contributed by atoms with Crippen LogP contribution in [0.1, 0.15) is 40.0 Å². The topological polar surface area (TPSA) is 24.1 Å². The molecule has 0 amide bonds. The van der Waals surface area contributed by atoms with Gasteiger partial charge < -0.3 is 10.6 Å². The molecule has 0 radical (unpaired) electrons. The second-order valence-corrected chi connectivity index (χ2v) is 3.41. The molecule has 0 aromatic heterocycles. The first kappa shape index (κ1) is 11.9. The van der Waals surface area contributed by atoms with Crippen molar-refractivity contribution in [3.05, 3.63) is 0 Å². The summed E-state index contributed by atoms with van der Waals surface area (Å²) in [6, 6.07) is 0.613. The highest BCUT2D eigenvalue weighted by atomic mass is 15.0. The van der Waals surface area contributed by atoms with E-state index < -0.39 is 0 Å². The van der Waals surface area contributed by atoms with Crippen molar-refractivity contribution in [1.29, 1.82) is 0 Å². The van der Waals surface area contributed by atoms with Crippen molar-refractivity contribution >= 4 is 0 Å². The van der Waals surface area contributed by atoms with Gasteiger partial charge in [0, 0.05) is 12.6 Å². The summed E-state index contributed by atoms with van der Waals surface area (Å²) in [4.78, 5) is 0. The van der Waals surface area contributed by atoms with Crippen molar-refractivity contribution in [1.82, 2.24) is 10.6 Å². The quantitative estimate of drug-likeness (QED) is 0.545. The van der Waals surface area contributed by atoms with E-state index in [1.807, 2.05) is 0 Å². The fraction of sp³-hybridized carbons (Fsp3) is 1.00. The summed E-state index contributed by atoms with van der Waals surface area (Å²) in [5, 5.41) is 6.88.